The molecule has 0 saturated carbocycles. The van der Waals surface area contributed by atoms with Gasteiger partial charge in [-0.15, -0.1) is 0 Å². The molecule has 226 valence electrons. The van der Waals surface area contributed by atoms with Crippen molar-refractivity contribution in [2.45, 2.75) is 174 Å². The first kappa shape index (κ1) is 35.6. The van der Waals surface area contributed by atoms with Gasteiger partial charge in [0.25, 0.3) is 0 Å². The fraction of sp³-hybridized carbons (Fsp3) is 0.800. The highest BCUT2D eigenvalue weighted by Gasteiger charge is 2.63. The highest BCUT2D eigenvalue weighted by Crippen LogP contribution is 2.48. The zero-order chi connectivity index (χ0) is 29.4. The van der Waals surface area contributed by atoms with Crippen molar-refractivity contribution in [2.75, 3.05) is 0 Å². The number of unbranched alkanes of at least 4 members (excludes halogenated alkanes) is 15. The summed E-state index contributed by atoms with van der Waals surface area (Å²) >= 11 is 0. The van der Waals surface area contributed by atoms with Gasteiger partial charge >= 0.3 is 5.97 Å². The quantitative estimate of drug-likeness (QED) is 0.126. The van der Waals surface area contributed by atoms with Gasteiger partial charge in [-0.25, -0.2) is 4.79 Å². The van der Waals surface area contributed by atoms with Crippen LogP contribution in [0.3, 0.4) is 0 Å². The third-order valence-electron chi connectivity index (χ3n) is 8.02. The standard InChI is InChI=1S/C35H62O4/c1-8-9-10-11-12-13-14-15-16-17-18-19-20-21-22-26-29-34(37,30-27-24-23-25-28-30)35(38,32(2,3)4)31(36)39-33(5,6)7/h23-25,27-28,37-38H,8-22,26,29H2,1-7H3. The molecule has 0 spiro atoms. The highest BCUT2D eigenvalue weighted by atomic mass is 16.6. The molecule has 0 aliphatic rings. The molecule has 2 atom stereocenters. The monoisotopic (exact) mass is 546 g/mol. The average molecular weight is 547 g/mol. The second-order valence-corrected chi connectivity index (χ2v) is 13.7. The number of benzene rings is 1. The minimum Gasteiger partial charge on any atom is -0.458 e. The van der Waals surface area contributed by atoms with Crippen LogP contribution in [-0.2, 0) is 15.1 Å². The second kappa shape index (κ2) is 17.4. The molecule has 0 amide bonds. The molecule has 1 rings (SSSR count). The normalized spacial score (nSPS) is 15.5. The molecule has 0 aliphatic carbocycles. The van der Waals surface area contributed by atoms with E-state index < -0.39 is 28.2 Å². The molecular weight excluding hydrogens is 484 g/mol. The molecule has 0 saturated heterocycles. The molecule has 4 heteroatoms. The van der Waals surface area contributed by atoms with E-state index in [1.807, 2.05) is 18.2 Å². The van der Waals surface area contributed by atoms with E-state index in [1.54, 1.807) is 53.7 Å². The number of carbonyl (C=O) groups is 1. The van der Waals surface area contributed by atoms with E-state index in [0.29, 0.717) is 12.0 Å². The SMILES string of the molecule is CCCCCCCCCCCCCCCCCCC(O)(c1ccccc1)C(O)(C(=O)OC(C)(C)C)C(C)(C)C. The summed E-state index contributed by atoms with van der Waals surface area (Å²) in [6.45, 7) is 13.0. The number of ether oxygens (including phenoxy) is 1. The van der Waals surface area contributed by atoms with Crippen molar-refractivity contribution in [1.29, 1.82) is 0 Å². The van der Waals surface area contributed by atoms with Crippen LogP contribution in [-0.4, -0.2) is 27.4 Å². The van der Waals surface area contributed by atoms with E-state index in [4.69, 9.17) is 4.74 Å². The van der Waals surface area contributed by atoms with Gasteiger partial charge in [-0.2, -0.15) is 0 Å². The minimum absolute atomic E-state index is 0.294. The first-order valence-corrected chi connectivity index (χ1v) is 16.0. The Morgan fingerprint density at radius 3 is 1.38 bits per heavy atom. The van der Waals surface area contributed by atoms with Crippen LogP contribution in [0, 0.1) is 5.41 Å². The summed E-state index contributed by atoms with van der Waals surface area (Å²) in [6.07, 6.45) is 20.6. The van der Waals surface area contributed by atoms with Crippen molar-refractivity contribution in [2.24, 2.45) is 5.41 Å². The number of aliphatic hydroxyl groups is 2. The predicted octanol–water partition coefficient (Wildman–Crippen LogP) is 9.64. The van der Waals surface area contributed by atoms with E-state index in [-0.39, 0.29) is 0 Å². The molecule has 2 N–H and O–H groups in total. The summed E-state index contributed by atoms with van der Waals surface area (Å²) in [6, 6.07) is 9.15. The Labute approximate surface area is 241 Å². The predicted molar refractivity (Wildman–Crippen MR) is 165 cm³/mol. The van der Waals surface area contributed by atoms with Crippen molar-refractivity contribution < 1.29 is 19.7 Å². The molecule has 2 unspecified atom stereocenters. The Bertz CT molecular complexity index is 776. The summed E-state index contributed by atoms with van der Waals surface area (Å²) in [5, 5.41) is 24.2. The second-order valence-electron chi connectivity index (χ2n) is 13.7. The lowest BCUT2D eigenvalue weighted by Gasteiger charge is -2.50. The summed E-state index contributed by atoms with van der Waals surface area (Å²) in [4.78, 5) is 13.5. The summed E-state index contributed by atoms with van der Waals surface area (Å²) in [7, 11) is 0. The average Bonchev–Trinajstić information content (AvgIpc) is 2.86. The van der Waals surface area contributed by atoms with Crippen LogP contribution in [0.15, 0.2) is 30.3 Å². The molecule has 39 heavy (non-hydrogen) atoms. The molecule has 0 radical (unpaired) electrons. The lowest BCUT2D eigenvalue weighted by molar-refractivity contribution is -0.239. The van der Waals surface area contributed by atoms with Gasteiger partial charge in [0.2, 0.25) is 0 Å². The van der Waals surface area contributed by atoms with Crippen LogP contribution in [0.4, 0.5) is 0 Å². The maximum atomic E-state index is 13.5. The molecular formula is C35H62O4. The third kappa shape index (κ3) is 11.9. The van der Waals surface area contributed by atoms with Gasteiger partial charge in [-0.05, 0) is 32.8 Å². The number of hydrogen-bond donors (Lipinski definition) is 2. The van der Waals surface area contributed by atoms with Crippen molar-refractivity contribution in [1.82, 2.24) is 0 Å². The van der Waals surface area contributed by atoms with E-state index >= 15 is 0 Å². The fourth-order valence-electron chi connectivity index (χ4n) is 5.62. The topological polar surface area (TPSA) is 66.8 Å². The third-order valence-corrected chi connectivity index (χ3v) is 8.02. The number of hydrogen-bond acceptors (Lipinski definition) is 4. The van der Waals surface area contributed by atoms with Gasteiger partial charge in [0.1, 0.15) is 11.2 Å². The van der Waals surface area contributed by atoms with Crippen molar-refractivity contribution >= 4 is 5.97 Å². The Morgan fingerprint density at radius 2 is 1.03 bits per heavy atom. The molecule has 0 heterocycles. The zero-order valence-electron chi connectivity index (χ0n) is 26.6. The van der Waals surface area contributed by atoms with Crippen LogP contribution in [0.5, 0.6) is 0 Å². The number of esters is 1. The van der Waals surface area contributed by atoms with Crippen molar-refractivity contribution in [3.8, 4) is 0 Å². The van der Waals surface area contributed by atoms with Gasteiger partial charge in [0.15, 0.2) is 5.60 Å². The Morgan fingerprint density at radius 1 is 0.641 bits per heavy atom. The van der Waals surface area contributed by atoms with Crippen LogP contribution in [0.2, 0.25) is 0 Å². The van der Waals surface area contributed by atoms with E-state index in [1.165, 1.54) is 83.5 Å². The molecule has 1 aromatic rings. The molecule has 0 bridgehead atoms. The fourth-order valence-corrected chi connectivity index (χ4v) is 5.62. The summed E-state index contributed by atoms with van der Waals surface area (Å²) in [5.41, 5.74) is -5.04. The van der Waals surface area contributed by atoms with Crippen LogP contribution < -0.4 is 0 Å². The molecule has 0 aliphatic heterocycles. The Kier molecular flexibility index (Phi) is 15.9. The zero-order valence-corrected chi connectivity index (χ0v) is 26.6. The lowest BCUT2D eigenvalue weighted by atomic mass is 9.62. The van der Waals surface area contributed by atoms with Crippen LogP contribution >= 0.6 is 0 Å². The highest BCUT2D eigenvalue weighted by molar-refractivity contribution is 5.83. The van der Waals surface area contributed by atoms with Crippen LogP contribution in [0.25, 0.3) is 0 Å². The lowest BCUT2D eigenvalue weighted by Crippen LogP contribution is -2.65. The smallest absolute Gasteiger partial charge is 0.342 e. The van der Waals surface area contributed by atoms with Gasteiger partial charge in [-0.3, -0.25) is 0 Å². The summed E-state index contributed by atoms with van der Waals surface area (Å²) in [5.74, 6) is -0.773. The molecule has 0 aromatic heterocycles. The number of rotatable bonds is 20. The Balaban J connectivity index is 2.57. The maximum absolute atomic E-state index is 13.5. The molecule has 1 aromatic carbocycles. The first-order valence-electron chi connectivity index (χ1n) is 16.0. The molecule has 4 nitrogen and oxygen atoms in total. The minimum atomic E-state index is -2.11. The first-order chi connectivity index (χ1) is 18.3. The largest absolute Gasteiger partial charge is 0.458 e. The summed E-state index contributed by atoms with van der Waals surface area (Å²) < 4.78 is 5.68. The van der Waals surface area contributed by atoms with Crippen LogP contribution in [0.1, 0.15) is 163 Å². The number of carbonyl (C=O) groups excluding carboxylic acids is 1. The van der Waals surface area contributed by atoms with Gasteiger partial charge in [0.05, 0.1) is 0 Å². The van der Waals surface area contributed by atoms with Crippen molar-refractivity contribution in [3.05, 3.63) is 35.9 Å². The van der Waals surface area contributed by atoms with E-state index in [2.05, 4.69) is 6.92 Å². The van der Waals surface area contributed by atoms with Crippen molar-refractivity contribution in [3.63, 3.8) is 0 Å². The van der Waals surface area contributed by atoms with E-state index in [9.17, 15) is 15.0 Å². The molecule has 0 fully saturated rings. The maximum Gasteiger partial charge on any atom is 0.342 e. The Hall–Kier alpha value is -1.39. The van der Waals surface area contributed by atoms with Gasteiger partial charge in [0, 0.05) is 5.41 Å². The van der Waals surface area contributed by atoms with Gasteiger partial charge < -0.3 is 14.9 Å². The van der Waals surface area contributed by atoms with E-state index in [0.717, 1.165) is 19.3 Å². The van der Waals surface area contributed by atoms with Gasteiger partial charge in [-0.1, -0.05) is 161 Å².